The van der Waals surface area contributed by atoms with Crippen LogP contribution in [0.1, 0.15) is 5.56 Å². The summed E-state index contributed by atoms with van der Waals surface area (Å²) in [7, 11) is 0. The van der Waals surface area contributed by atoms with Crippen LogP contribution in [0.4, 0.5) is 11.4 Å². The summed E-state index contributed by atoms with van der Waals surface area (Å²) in [5.74, 6) is -0.230. The molecule has 1 aromatic heterocycles. The van der Waals surface area contributed by atoms with E-state index < -0.39 is 0 Å². The van der Waals surface area contributed by atoms with Crippen molar-refractivity contribution in [3.63, 3.8) is 0 Å². The van der Waals surface area contributed by atoms with Gasteiger partial charge in [-0.2, -0.15) is 0 Å². The number of anilines is 2. The first-order valence-corrected chi connectivity index (χ1v) is 8.12. The Balaban J connectivity index is 1.62. The van der Waals surface area contributed by atoms with E-state index in [1.165, 1.54) is 6.33 Å². The van der Waals surface area contributed by atoms with Gasteiger partial charge in [0.1, 0.15) is 6.33 Å². The van der Waals surface area contributed by atoms with E-state index in [1.54, 1.807) is 22.9 Å². The highest BCUT2D eigenvalue weighted by molar-refractivity contribution is 6.44. The van der Waals surface area contributed by atoms with Gasteiger partial charge in [-0.1, -0.05) is 29.3 Å². The van der Waals surface area contributed by atoms with Gasteiger partial charge in [0.05, 0.1) is 28.0 Å². The normalized spacial score (nSPS) is 10.5. The van der Waals surface area contributed by atoms with Gasteiger partial charge in [-0.25, -0.2) is 4.68 Å². The van der Waals surface area contributed by atoms with Gasteiger partial charge in [0.2, 0.25) is 5.91 Å². The maximum Gasteiger partial charge on any atom is 0.243 e. The second-order valence-electron chi connectivity index (χ2n) is 5.26. The number of aromatic nitrogens is 4. The predicted molar refractivity (Wildman–Crippen MR) is 97.5 cm³/mol. The maximum atomic E-state index is 12.1. The van der Waals surface area contributed by atoms with Crippen LogP contribution in [-0.4, -0.2) is 32.7 Å². The first-order chi connectivity index (χ1) is 12.0. The first kappa shape index (κ1) is 17.2. The van der Waals surface area contributed by atoms with E-state index in [9.17, 15) is 4.79 Å². The summed E-state index contributed by atoms with van der Waals surface area (Å²) < 4.78 is 1.58. The summed E-state index contributed by atoms with van der Waals surface area (Å²) in [6.45, 7) is 2.03. The molecule has 0 bridgehead atoms. The minimum Gasteiger partial charge on any atom is -0.376 e. The van der Waals surface area contributed by atoms with E-state index in [4.69, 9.17) is 23.2 Å². The van der Waals surface area contributed by atoms with Crippen molar-refractivity contribution < 1.29 is 4.79 Å². The molecular weight excluding hydrogens is 363 g/mol. The lowest BCUT2D eigenvalue weighted by Gasteiger charge is -2.11. The lowest BCUT2D eigenvalue weighted by atomic mass is 10.2. The molecular formula is C16H14Cl2N6O. The topological polar surface area (TPSA) is 84.7 Å². The molecule has 1 amide bonds. The smallest absolute Gasteiger partial charge is 0.243 e. The lowest BCUT2D eigenvalue weighted by molar-refractivity contribution is -0.114. The highest BCUT2D eigenvalue weighted by Gasteiger charge is 2.09. The number of nitrogens with one attached hydrogen (secondary N) is 2. The number of nitrogens with zero attached hydrogens (tertiary/aromatic N) is 4. The molecule has 128 valence electrons. The van der Waals surface area contributed by atoms with E-state index in [2.05, 4.69) is 26.2 Å². The van der Waals surface area contributed by atoms with Gasteiger partial charge in [-0.3, -0.25) is 4.79 Å². The molecule has 3 rings (SSSR count). The van der Waals surface area contributed by atoms with Crippen LogP contribution in [-0.2, 0) is 4.79 Å². The van der Waals surface area contributed by atoms with Crippen molar-refractivity contribution in [2.24, 2.45) is 0 Å². The molecule has 0 spiro atoms. The van der Waals surface area contributed by atoms with Crippen LogP contribution in [0.5, 0.6) is 0 Å². The third-order valence-electron chi connectivity index (χ3n) is 3.47. The summed E-state index contributed by atoms with van der Waals surface area (Å²) in [5.41, 5.74) is 3.12. The molecule has 0 unspecified atom stereocenters. The Bertz CT molecular complexity index is 898. The minimum absolute atomic E-state index is 0.0898. The number of tetrazole rings is 1. The van der Waals surface area contributed by atoms with Crippen LogP contribution < -0.4 is 10.6 Å². The third kappa shape index (κ3) is 4.07. The summed E-state index contributed by atoms with van der Waals surface area (Å²) in [6, 6.07) is 10.7. The number of benzene rings is 2. The Morgan fingerprint density at radius 1 is 1.24 bits per heavy atom. The molecule has 0 saturated carbocycles. The summed E-state index contributed by atoms with van der Waals surface area (Å²) in [6.07, 6.45) is 1.53. The number of halogens is 2. The second-order valence-corrected chi connectivity index (χ2v) is 6.04. The van der Waals surface area contributed by atoms with Crippen LogP contribution in [0.25, 0.3) is 5.69 Å². The molecule has 0 saturated heterocycles. The molecule has 0 radical (unpaired) electrons. The number of amides is 1. The van der Waals surface area contributed by atoms with E-state index in [-0.39, 0.29) is 12.5 Å². The Morgan fingerprint density at radius 3 is 2.80 bits per heavy atom. The van der Waals surface area contributed by atoms with Crippen molar-refractivity contribution >= 4 is 40.5 Å². The average Bonchev–Trinajstić information content (AvgIpc) is 3.11. The molecule has 0 aliphatic rings. The minimum atomic E-state index is -0.230. The van der Waals surface area contributed by atoms with Gasteiger partial charge in [0.25, 0.3) is 0 Å². The van der Waals surface area contributed by atoms with E-state index in [1.807, 2.05) is 25.1 Å². The van der Waals surface area contributed by atoms with Gasteiger partial charge >= 0.3 is 0 Å². The maximum absolute atomic E-state index is 12.1. The van der Waals surface area contributed by atoms with Gasteiger partial charge in [-0.15, -0.1) is 5.10 Å². The molecule has 1 heterocycles. The Labute approximate surface area is 153 Å². The fourth-order valence-electron chi connectivity index (χ4n) is 2.27. The zero-order chi connectivity index (χ0) is 17.8. The van der Waals surface area contributed by atoms with Crippen LogP contribution >= 0.6 is 23.2 Å². The number of hydrogen-bond donors (Lipinski definition) is 2. The Kier molecular flexibility index (Phi) is 5.16. The van der Waals surface area contributed by atoms with Gasteiger partial charge in [0, 0.05) is 5.69 Å². The Hall–Kier alpha value is -2.64. The van der Waals surface area contributed by atoms with Gasteiger partial charge in [0.15, 0.2) is 0 Å². The fourth-order valence-corrected chi connectivity index (χ4v) is 2.62. The highest BCUT2D eigenvalue weighted by Crippen LogP contribution is 2.29. The van der Waals surface area contributed by atoms with Crippen molar-refractivity contribution in [2.75, 3.05) is 17.2 Å². The second kappa shape index (κ2) is 7.50. The van der Waals surface area contributed by atoms with E-state index in [0.717, 1.165) is 16.9 Å². The number of carbonyl (C=O) groups is 1. The number of aryl methyl sites for hydroxylation is 1. The van der Waals surface area contributed by atoms with E-state index in [0.29, 0.717) is 15.7 Å². The van der Waals surface area contributed by atoms with Crippen LogP contribution in [0.3, 0.4) is 0 Å². The van der Waals surface area contributed by atoms with Crippen LogP contribution in [0, 0.1) is 6.92 Å². The largest absolute Gasteiger partial charge is 0.376 e. The SMILES string of the molecule is Cc1cc(NCC(=O)Nc2cccc(Cl)c2Cl)ccc1-n1cnnn1. The molecule has 2 aromatic carbocycles. The van der Waals surface area contributed by atoms with Gasteiger partial charge < -0.3 is 10.6 Å². The van der Waals surface area contributed by atoms with Crippen molar-refractivity contribution in [3.05, 3.63) is 58.3 Å². The standard InChI is InChI=1S/C16H14Cl2N6O/c1-10-7-11(5-6-14(10)24-9-20-22-23-24)19-8-15(25)21-13-4-2-3-12(17)16(13)18/h2-7,9,19H,8H2,1H3,(H,21,25). The summed E-state index contributed by atoms with van der Waals surface area (Å²) in [4.78, 5) is 12.1. The quantitative estimate of drug-likeness (QED) is 0.713. The Morgan fingerprint density at radius 2 is 2.08 bits per heavy atom. The number of carbonyl (C=O) groups excluding carboxylic acids is 1. The van der Waals surface area contributed by atoms with Crippen LogP contribution in [0.2, 0.25) is 10.0 Å². The monoisotopic (exact) mass is 376 g/mol. The summed E-state index contributed by atoms with van der Waals surface area (Å²) >= 11 is 12.0. The lowest BCUT2D eigenvalue weighted by Crippen LogP contribution is -2.22. The number of hydrogen-bond acceptors (Lipinski definition) is 5. The van der Waals surface area contributed by atoms with Gasteiger partial charge in [-0.05, 0) is 53.2 Å². The fraction of sp³-hybridized carbons (Fsp3) is 0.125. The van der Waals surface area contributed by atoms with Crippen molar-refractivity contribution in [3.8, 4) is 5.69 Å². The molecule has 2 N–H and O–H groups in total. The van der Waals surface area contributed by atoms with Crippen molar-refractivity contribution in [1.29, 1.82) is 0 Å². The molecule has 7 nitrogen and oxygen atoms in total. The van der Waals surface area contributed by atoms with E-state index >= 15 is 0 Å². The summed E-state index contributed by atoms with van der Waals surface area (Å²) in [5, 5.41) is 17.6. The van der Waals surface area contributed by atoms with Crippen molar-refractivity contribution in [1.82, 2.24) is 20.2 Å². The van der Waals surface area contributed by atoms with Crippen molar-refractivity contribution in [2.45, 2.75) is 6.92 Å². The highest BCUT2D eigenvalue weighted by atomic mass is 35.5. The molecule has 25 heavy (non-hydrogen) atoms. The van der Waals surface area contributed by atoms with Crippen LogP contribution in [0.15, 0.2) is 42.7 Å². The average molecular weight is 377 g/mol. The molecule has 9 heteroatoms. The molecule has 0 aliphatic carbocycles. The predicted octanol–water partition coefficient (Wildman–Crippen LogP) is 3.33. The first-order valence-electron chi connectivity index (χ1n) is 7.36. The molecule has 0 atom stereocenters. The molecule has 0 fully saturated rings. The molecule has 0 aliphatic heterocycles. The number of rotatable bonds is 5. The zero-order valence-electron chi connectivity index (χ0n) is 13.2. The molecule has 3 aromatic rings. The zero-order valence-corrected chi connectivity index (χ0v) is 14.7. The third-order valence-corrected chi connectivity index (χ3v) is 4.29.